The molecule has 0 saturated carbocycles. The monoisotopic (exact) mass is 448 g/mol. The van der Waals surface area contributed by atoms with E-state index in [0.29, 0.717) is 31.6 Å². The summed E-state index contributed by atoms with van der Waals surface area (Å²) in [6.45, 7) is 0.115. The van der Waals surface area contributed by atoms with Crippen LogP contribution in [-0.4, -0.2) is 54.7 Å². The zero-order valence-electron chi connectivity index (χ0n) is 16.8. The lowest BCUT2D eigenvalue weighted by atomic mass is 10.1. The van der Waals surface area contributed by atoms with Gasteiger partial charge >= 0.3 is 6.18 Å². The van der Waals surface area contributed by atoms with Gasteiger partial charge in [-0.25, -0.2) is 0 Å². The number of nitrogens with zero attached hydrogens (tertiary/aromatic N) is 4. The molecule has 0 bridgehead atoms. The Morgan fingerprint density at radius 1 is 1.12 bits per heavy atom. The van der Waals surface area contributed by atoms with Crippen molar-refractivity contribution in [3.8, 4) is 11.8 Å². The number of nitriles is 1. The summed E-state index contributed by atoms with van der Waals surface area (Å²) in [5.41, 5.74) is 0.594. The molecule has 8 nitrogen and oxygen atoms in total. The first-order valence-corrected chi connectivity index (χ1v) is 9.70. The second-order valence-electron chi connectivity index (χ2n) is 7.13. The van der Waals surface area contributed by atoms with Crippen LogP contribution in [0.2, 0.25) is 0 Å². The summed E-state index contributed by atoms with van der Waals surface area (Å²) in [5.74, 6) is -0.916. The molecule has 0 aromatic heterocycles. The van der Waals surface area contributed by atoms with Gasteiger partial charge in [-0.3, -0.25) is 14.9 Å². The molecule has 0 N–H and O–H groups in total. The van der Waals surface area contributed by atoms with Gasteiger partial charge in [-0.2, -0.15) is 18.4 Å². The summed E-state index contributed by atoms with van der Waals surface area (Å²) in [5, 5.41) is 20.3. The number of ether oxygens (including phenoxy) is 1. The van der Waals surface area contributed by atoms with Gasteiger partial charge in [0.15, 0.2) is 6.61 Å². The van der Waals surface area contributed by atoms with E-state index < -0.39 is 29.3 Å². The molecule has 2 aromatic rings. The highest BCUT2D eigenvalue weighted by atomic mass is 19.4. The number of nitro benzene ring substituents is 1. The molecule has 0 unspecified atom stereocenters. The molecule has 2 aromatic carbocycles. The maximum atomic E-state index is 13.0. The zero-order chi connectivity index (χ0) is 23.3. The number of alkyl halides is 3. The van der Waals surface area contributed by atoms with Gasteiger partial charge in [-0.05, 0) is 42.8 Å². The fourth-order valence-corrected chi connectivity index (χ4v) is 3.40. The molecule has 11 heteroatoms. The van der Waals surface area contributed by atoms with Crippen molar-refractivity contribution in [3.63, 3.8) is 0 Å². The van der Waals surface area contributed by atoms with Crippen LogP contribution in [0.4, 0.5) is 24.5 Å². The van der Waals surface area contributed by atoms with Crippen molar-refractivity contribution in [2.75, 3.05) is 37.7 Å². The second-order valence-corrected chi connectivity index (χ2v) is 7.13. The van der Waals surface area contributed by atoms with Crippen LogP contribution in [0.5, 0.6) is 5.75 Å². The van der Waals surface area contributed by atoms with Gasteiger partial charge in [0.05, 0.1) is 16.6 Å². The lowest BCUT2D eigenvalue weighted by Crippen LogP contribution is -2.35. The van der Waals surface area contributed by atoms with Gasteiger partial charge in [-0.1, -0.05) is 0 Å². The summed E-state index contributed by atoms with van der Waals surface area (Å²) in [6, 6.07) is 12.0. The quantitative estimate of drug-likeness (QED) is 0.510. The third-order valence-corrected chi connectivity index (χ3v) is 4.94. The number of amides is 1. The molecule has 1 aliphatic heterocycles. The van der Waals surface area contributed by atoms with E-state index in [1.165, 1.54) is 4.90 Å². The van der Waals surface area contributed by atoms with Crippen LogP contribution in [0.1, 0.15) is 22.3 Å². The smallest absolute Gasteiger partial charge is 0.422 e. The Bertz CT molecular complexity index is 1030. The molecule has 1 amide bonds. The highest BCUT2D eigenvalue weighted by Crippen LogP contribution is 2.28. The van der Waals surface area contributed by atoms with E-state index >= 15 is 0 Å². The average molecular weight is 448 g/mol. The Morgan fingerprint density at radius 2 is 1.84 bits per heavy atom. The normalized spacial score (nSPS) is 14.4. The van der Waals surface area contributed by atoms with E-state index in [-0.39, 0.29) is 17.9 Å². The van der Waals surface area contributed by atoms with Gasteiger partial charge in [0, 0.05) is 37.9 Å². The van der Waals surface area contributed by atoms with Crippen molar-refractivity contribution in [2.24, 2.45) is 0 Å². The van der Waals surface area contributed by atoms with Crippen molar-refractivity contribution >= 4 is 17.3 Å². The predicted octanol–water partition coefficient (Wildman–Crippen LogP) is 3.76. The Hall–Kier alpha value is -3.81. The van der Waals surface area contributed by atoms with E-state index in [0.717, 1.165) is 23.9 Å². The molecule has 32 heavy (non-hydrogen) atoms. The number of carbonyl (C=O) groups is 1. The lowest BCUT2D eigenvalue weighted by Gasteiger charge is -2.24. The molecule has 0 aliphatic carbocycles. The number of anilines is 1. The fourth-order valence-electron chi connectivity index (χ4n) is 3.40. The van der Waals surface area contributed by atoms with Crippen molar-refractivity contribution in [3.05, 3.63) is 63.7 Å². The molecular formula is C21H19F3N4O4. The SMILES string of the molecule is N#Cc1ccc(N2CCCN(C(=O)c3cc(OCC(F)(F)F)ccc3[N+](=O)[O-])CC2)cc1. The summed E-state index contributed by atoms with van der Waals surface area (Å²) in [7, 11) is 0. The summed E-state index contributed by atoms with van der Waals surface area (Å²) in [4.78, 5) is 27.2. The summed E-state index contributed by atoms with van der Waals surface area (Å²) in [6.07, 6.45) is -3.99. The highest BCUT2D eigenvalue weighted by Gasteiger charge is 2.30. The average Bonchev–Trinajstić information content (AvgIpc) is 3.03. The molecule has 1 saturated heterocycles. The van der Waals surface area contributed by atoms with Crippen LogP contribution in [0.15, 0.2) is 42.5 Å². The molecular weight excluding hydrogens is 429 g/mol. The van der Waals surface area contributed by atoms with Gasteiger partial charge in [0.1, 0.15) is 11.3 Å². The van der Waals surface area contributed by atoms with Crippen LogP contribution in [0.25, 0.3) is 0 Å². The number of benzene rings is 2. The van der Waals surface area contributed by atoms with Crippen molar-refractivity contribution in [1.82, 2.24) is 4.90 Å². The molecule has 1 heterocycles. The molecule has 0 atom stereocenters. The molecule has 1 fully saturated rings. The minimum absolute atomic E-state index is 0.267. The topological polar surface area (TPSA) is 99.7 Å². The van der Waals surface area contributed by atoms with Crippen LogP contribution in [0.3, 0.4) is 0 Å². The van der Waals surface area contributed by atoms with Crippen LogP contribution >= 0.6 is 0 Å². The first-order chi connectivity index (χ1) is 15.2. The van der Waals surface area contributed by atoms with Gasteiger partial charge in [0.2, 0.25) is 0 Å². The Morgan fingerprint density at radius 3 is 2.47 bits per heavy atom. The minimum Gasteiger partial charge on any atom is -0.484 e. The summed E-state index contributed by atoms with van der Waals surface area (Å²) >= 11 is 0. The number of nitro groups is 1. The predicted molar refractivity (Wildman–Crippen MR) is 109 cm³/mol. The molecule has 0 spiro atoms. The largest absolute Gasteiger partial charge is 0.484 e. The number of halogens is 3. The van der Waals surface area contributed by atoms with Crippen LogP contribution in [-0.2, 0) is 0 Å². The minimum atomic E-state index is -4.58. The van der Waals surface area contributed by atoms with E-state index in [9.17, 15) is 28.1 Å². The van der Waals surface area contributed by atoms with Crippen molar-refractivity contribution < 1.29 is 27.6 Å². The number of hydrogen-bond acceptors (Lipinski definition) is 6. The van der Waals surface area contributed by atoms with E-state index in [1.807, 2.05) is 23.1 Å². The number of rotatable bonds is 5. The second kappa shape index (κ2) is 9.55. The standard InChI is InChI=1S/C21H19F3N4O4/c22-21(23,24)14-32-17-6-7-19(28(30)31)18(12-17)20(29)27-9-1-8-26(10-11-27)16-4-2-15(13-25)3-5-16/h2-7,12H,1,8-11,14H2. The Kier molecular flexibility index (Phi) is 6.82. The van der Waals surface area contributed by atoms with E-state index in [4.69, 9.17) is 5.26 Å². The molecule has 0 radical (unpaired) electrons. The molecule has 3 rings (SSSR count). The number of carbonyl (C=O) groups excluding carboxylic acids is 1. The molecule has 1 aliphatic rings. The number of hydrogen-bond donors (Lipinski definition) is 0. The molecule has 168 valence electrons. The highest BCUT2D eigenvalue weighted by molar-refractivity contribution is 5.98. The lowest BCUT2D eigenvalue weighted by molar-refractivity contribution is -0.385. The van der Waals surface area contributed by atoms with Gasteiger partial charge < -0.3 is 14.5 Å². The van der Waals surface area contributed by atoms with Crippen molar-refractivity contribution in [2.45, 2.75) is 12.6 Å². The van der Waals surface area contributed by atoms with Crippen molar-refractivity contribution in [1.29, 1.82) is 5.26 Å². The Labute approximate surface area is 181 Å². The van der Waals surface area contributed by atoms with Crippen LogP contribution in [0, 0.1) is 21.4 Å². The van der Waals surface area contributed by atoms with Gasteiger partial charge in [0.25, 0.3) is 11.6 Å². The van der Waals surface area contributed by atoms with Crippen LogP contribution < -0.4 is 9.64 Å². The third-order valence-electron chi connectivity index (χ3n) is 4.94. The summed E-state index contributed by atoms with van der Waals surface area (Å²) < 4.78 is 42.0. The van der Waals surface area contributed by atoms with Gasteiger partial charge in [-0.15, -0.1) is 0 Å². The van der Waals surface area contributed by atoms with E-state index in [2.05, 4.69) is 4.74 Å². The maximum absolute atomic E-state index is 13.0. The first kappa shape index (κ1) is 22.9. The zero-order valence-corrected chi connectivity index (χ0v) is 16.8. The van der Waals surface area contributed by atoms with E-state index in [1.54, 1.807) is 12.1 Å². The first-order valence-electron chi connectivity index (χ1n) is 9.70. The third kappa shape index (κ3) is 5.66. The fraction of sp³-hybridized carbons (Fsp3) is 0.333. The maximum Gasteiger partial charge on any atom is 0.422 e. The Balaban J connectivity index is 1.76.